The molecule has 0 spiro atoms. The van der Waals surface area contributed by atoms with E-state index in [-0.39, 0.29) is 11.3 Å². The number of nitrogens with one attached hydrogen (secondary N) is 1. The summed E-state index contributed by atoms with van der Waals surface area (Å²) in [6.45, 7) is 2.72. The summed E-state index contributed by atoms with van der Waals surface area (Å²) < 4.78 is 7.43. The molecule has 1 aliphatic rings. The zero-order valence-electron chi connectivity index (χ0n) is 15.9. The van der Waals surface area contributed by atoms with E-state index in [2.05, 4.69) is 34.7 Å². The van der Waals surface area contributed by atoms with Crippen LogP contribution in [0.4, 0.5) is 0 Å². The van der Waals surface area contributed by atoms with Crippen LogP contribution in [0.5, 0.6) is 0 Å². The third-order valence-electron chi connectivity index (χ3n) is 5.52. The van der Waals surface area contributed by atoms with Crippen molar-refractivity contribution in [3.8, 4) is 0 Å². The highest BCUT2D eigenvalue weighted by atomic mass is 16.5. The Kier molecular flexibility index (Phi) is 5.53. The number of amides is 1. The number of ether oxygens (including phenoxy) is 1. The zero-order valence-corrected chi connectivity index (χ0v) is 15.9. The number of hydrogen-bond acceptors (Lipinski definition) is 3. The number of nitrogens with zero attached hydrogens (tertiary/aromatic N) is 2. The predicted molar refractivity (Wildman–Crippen MR) is 108 cm³/mol. The monoisotopic (exact) mass is 375 g/mol. The average molecular weight is 375 g/mol. The van der Waals surface area contributed by atoms with Gasteiger partial charge >= 0.3 is 0 Å². The van der Waals surface area contributed by atoms with Crippen LogP contribution in [0.15, 0.2) is 73.1 Å². The van der Waals surface area contributed by atoms with Crippen molar-refractivity contribution in [1.82, 2.24) is 15.1 Å². The van der Waals surface area contributed by atoms with E-state index in [1.54, 1.807) is 6.20 Å². The Morgan fingerprint density at radius 3 is 2.64 bits per heavy atom. The van der Waals surface area contributed by atoms with E-state index in [4.69, 9.17) is 4.74 Å². The quantitative estimate of drug-likeness (QED) is 0.718. The van der Waals surface area contributed by atoms with Gasteiger partial charge in [0.05, 0.1) is 6.54 Å². The maximum Gasteiger partial charge on any atom is 0.251 e. The Morgan fingerprint density at radius 1 is 1.07 bits per heavy atom. The number of carbonyl (C=O) groups excluding carboxylic acids is 1. The Balaban J connectivity index is 1.47. The SMILES string of the molecule is O=C(NCC1(c2ccccc2)CCOCC1)c1cccc(Cn2cccn2)c1. The Hall–Kier alpha value is -2.92. The van der Waals surface area contributed by atoms with E-state index in [0.29, 0.717) is 18.7 Å². The first-order chi connectivity index (χ1) is 13.8. The highest BCUT2D eigenvalue weighted by Gasteiger charge is 2.34. The summed E-state index contributed by atoms with van der Waals surface area (Å²) in [6, 6.07) is 20.1. The number of carbonyl (C=O) groups is 1. The number of aromatic nitrogens is 2. The summed E-state index contributed by atoms with van der Waals surface area (Å²) >= 11 is 0. The first-order valence-corrected chi connectivity index (χ1v) is 9.73. The van der Waals surface area contributed by atoms with Gasteiger partial charge in [0, 0.05) is 43.1 Å². The summed E-state index contributed by atoms with van der Waals surface area (Å²) in [4.78, 5) is 12.9. The summed E-state index contributed by atoms with van der Waals surface area (Å²) in [5.41, 5.74) is 2.94. The first kappa shape index (κ1) is 18.4. The molecule has 0 saturated carbocycles. The van der Waals surface area contributed by atoms with Crippen molar-refractivity contribution < 1.29 is 9.53 Å². The average Bonchev–Trinajstić information content (AvgIpc) is 3.26. The maximum atomic E-state index is 12.9. The molecule has 2 aromatic carbocycles. The Labute approximate surface area is 165 Å². The lowest BCUT2D eigenvalue weighted by atomic mass is 9.74. The molecule has 3 aromatic rings. The molecule has 2 heterocycles. The molecule has 1 saturated heterocycles. The van der Waals surface area contributed by atoms with Crippen LogP contribution in [0.1, 0.15) is 34.3 Å². The van der Waals surface area contributed by atoms with Gasteiger partial charge in [0.2, 0.25) is 0 Å². The van der Waals surface area contributed by atoms with Crippen molar-refractivity contribution in [3.05, 3.63) is 89.7 Å². The van der Waals surface area contributed by atoms with Gasteiger partial charge in [0.25, 0.3) is 5.91 Å². The molecule has 5 nitrogen and oxygen atoms in total. The van der Waals surface area contributed by atoms with E-state index < -0.39 is 0 Å². The molecule has 144 valence electrons. The molecular weight excluding hydrogens is 350 g/mol. The van der Waals surface area contributed by atoms with Crippen LogP contribution < -0.4 is 5.32 Å². The minimum Gasteiger partial charge on any atom is -0.381 e. The van der Waals surface area contributed by atoms with Gasteiger partial charge in [0.15, 0.2) is 0 Å². The van der Waals surface area contributed by atoms with Crippen LogP contribution >= 0.6 is 0 Å². The van der Waals surface area contributed by atoms with Crippen molar-refractivity contribution in [2.75, 3.05) is 19.8 Å². The van der Waals surface area contributed by atoms with Gasteiger partial charge in [-0.3, -0.25) is 9.48 Å². The van der Waals surface area contributed by atoms with Gasteiger partial charge in [-0.2, -0.15) is 5.10 Å². The van der Waals surface area contributed by atoms with Crippen molar-refractivity contribution >= 4 is 5.91 Å². The zero-order chi connectivity index (χ0) is 19.2. The second-order valence-corrected chi connectivity index (χ2v) is 7.35. The number of hydrogen-bond donors (Lipinski definition) is 1. The molecule has 0 unspecified atom stereocenters. The van der Waals surface area contributed by atoms with Crippen LogP contribution in [-0.4, -0.2) is 35.4 Å². The van der Waals surface area contributed by atoms with Crippen LogP contribution in [0.2, 0.25) is 0 Å². The van der Waals surface area contributed by atoms with Crippen LogP contribution in [0.3, 0.4) is 0 Å². The molecule has 1 aliphatic heterocycles. The molecule has 5 heteroatoms. The molecule has 1 aromatic heterocycles. The fourth-order valence-electron chi connectivity index (χ4n) is 3.86. The Bertz CT molecular complexity index is 901. The lowest BCUT2D eigenvalue weighted by molar-refractivity contribution is 0.0487. The summed E-state index contributed by atoms with van der Waals surface area (Å²) in [6.07, 6.45) is 5.50. The maximum absolute atomic E-state index is 12.9. The van der Waals surface area contributed by atoms with Crippen LogP contribution in [-0.2, 0) is 16.7 Å². The standard InChI is InChI=1S/C23H25N3O2/c27-22(20-7-4-6-19(16-20)17-26-13-5-12-25-26)24-18-23(10-14-28-15-11-23)21-8-2-1-3-9-21/h1-9,12-13,16H,10-11,14-15,17-18H2,(H,24,27). The second-order valence-electron chi connectivity index (χ2n) is 7.35. The normalized spacial score (nSPS) is 15.9. The van der Waals surface area contributed by atoms with Gasteiger partial charge in [-0.05, 0) is 42.2 Å². The van der Waals surface area contributed by atoms with Crippen molar-refractivity contribution in [2.24, 2.45) is 0 Å². The summed E-state index contributed by atoms with van der Waals surface area (Å²) in [5.74, 6) is -0.0379. The predicted octanol–water partition coefficient (Wildman–Crippen LogP) is 3.41. The fraction of sp³-hybridized carbons (Fsp3) is 0.304. The molecule has 1 N–H and O–H groups in total. The van der Waals surface area contributed by atoms with E-state index in [9.17, 15) is 4.79 Å². The van der Waals surface area contributed by atoms with Gasteiger partial charge in [0.1, 0.15) is 0 Å². The number of benzene rings is 2. The Morgan fingerprint density at radius 2 is 1.89 bits per heavy atom. The molecule has 4 rings (SSSR count). The lowest BCUT2D eigenvalue weighted by Gasteiger charge is -2.38. The van der Waals surface area contributed by atoms with Crippen LogP contribution in [0, 0.1) is 0 Å². The minimum atomic E-state index is -0.0676. The molecule has 1 fully saturated rings. The van der Waals surface area contributed by atoms with Gasteiger partial charge in [-0.25, -0.2) is 0 Å². The third-order valence-corrected chi connectivity index (χ3v) is 5.52. The highest BCUT2D eigenvalue weighted by Crippen LogP contribution is 2.34. The molecule has 0 bridgehead atoms. The highest BCUT2D eigenvalue weighted by molar-refractivity contribution is 5.94. The molecule has 28 heavy (non-hydrogen) atoms. The van der Waals surface area contributed by atoms with Gasteiger partial charge < -0.3 is 10.1 Å². The van der Waals surface area contributed by atoms with E-state index in [0.717, 1.165) is 31.6 Å². The molecule has 0 aliphatic carbocycles. The van der Waals surface area contributed by atoms with E-state index in [1.165, 1.54) is 5.56 Å². The third kappa shape index (κ3) is 4.15. The fourth-order valence-corrected chi connectivity index (χ4v) is 3.86. The smallest absolute Gasteiger partial charge is 0.251 e. The summed E-state index contributed by atoms with van der Waals surface area (Å²) in [5, 5.41) is 7.41. The van der Waals surface area contributed by atoms with Crippen molar-refractivity contribution in [1.29, 1.82) is 0 Å². The van der Waals surface area contributed by atoms with Gasteiger partial charge in [-0.15, -0.1) is 0 Å². The van der Waals surface area contributed by atoms with E-state index >= 15 is 0 Å². The van der Waals surface area contributed by atoms with Gasteiger partial charge in [-0.1, -0.05) is 42.5 Å². The van der Waals surface area contributed by atoms with Crippen molar-refractivity contribution in [3.63, 3.8) is 0 Å². The van der Waals surface area contributed by atoms with Crippen LogP contribution in [0.25, 0.3) is 0 Å². The largest absolute Gasteiger partial charge is 0.381 e. The molecular formula is C23H25N3O2. The molecule has 0 atom stereocenters. The first-order valence-electron chi connectivity index (χ1n) is 9.73. The van der Waals surface area contributed by atoms with Crippen molar-refractivity contribution in [2.45, 2.75) is 24.8 Å². The number of rotatable bonds is 6. The summed E-state index contributed by atoms with van der Waals surface area (Å²) in [7, 11) is 0. The molecule has 0 radical (unpaired) electrons. The van der Waals surface area contributed by atoms with E-state index in [1.807, 2.05) is 47.3 Å². The topological polar surface area (TPSA) is 56.1 Å². The minimum absolute atomic E-state index is 0.0379. The second kappa shape index (κ2) is 8.40. The lowest BCUT2D eigenvalue weighted by Crippen LogP contribution is -2.44. The molecule has 1 amide bonds.